The van der Waals surface area contributed by atoms with Gasteiger partial charge in [0.15, 0.2) is 0 Å². The Morgan fingerprint density at radius 1 is 1.42 bits per heavy atom. The molecule has 26 heavy (non-hydrogen) atoms. The van der Waals surface area contributed by atoms with Crippen LogP contribution in [0.2, 0.25) is 0 Å². The van der Waals surface area contributed by atoms with Crippen molar-refractivity contribution in [1.29, 1.82) is 0 Å². The molecule has 0 aliphatic carbocycles. The number of hydrogen-bond acceptors (Lipinski definition) is 6. The summed E-state index contributed by atoms with van der Waals surface area (Å²) in [5, 5.41) is 8.52. The molecule has 8 heteroatoms. The third kappa shape index (κ3) is 4.70. The number of benzene rings is 1. The lowest BCUT2D eigenvalue weighted by Gasteiger charge is -2.10. The number of aryl methyl sites for hydroxylation is 1. The zero-order chi connectivity index (χ0) is 18.5. The first kappa shape index (κ1) is 18.6. The van der Waals surface area contributed by atoms with E-state index < -0.39 is 0 Å². The quantitative estimate of drug-likeness (QED) is 0.654. The van der Waals surface area contributed by atoms with Crippen LogP contribution in [0.5, 0.6) is 0 Å². The molecule has 1 atom stereocenters. The van der Waals surface area contributed by atoms with Crippen LogP contribution < -0.4 is 5.32 Å². The first-order chi connectivity index (χ1) is 12.5. The van der Waals surface area contributed by atoms with Gasteiger partial charge in [-0.1, -0.05) is 23.4 Å². The molecule has 0 saturated heterocycles. The summed E-state index contributed by atoms with van der Waals surface area (Å²) in [5.41, 5.74) is 1.13. The van der Waals surface area contributed by atoms with Crippen LogP contribution in [0.4, 0.5) is 4.39 Å². The van der Waals surface area contributed by atoms with E-state index in [2.05, 4.69) is 15.5 Å². The van der Waals surface area contributed by atoms with Crippen LogP contribution in [0, 0.1) is 12.7 Å². The molecule has 0 bridgehead atoms. The molecule has 0 spiro atoms. The van der Waals surface area contributed by atoms with Gasteiger partial charge in [0.2, 0.25) is 17.6 Å². The van der Waals surface area contributed by atoms with Gasteiger partial charge in [-0.2, -0.15) is 4.98 Å². The van der Waals surface area contributed by atoms with Gasteiger partial charge in [0.05, 0.1) is 17.5 Å². The van der Waals surface area contributed by atoms with Crippen molar-refractivity contribution in [1.82, 2.24) is 15.5 Å². The molecule has 1 N–H and O–H groups in total. The summed E-state index contributed by atoms with van der Waals surface area (Å²) in [7, 11) is 0. The first-order valence-electron chi connectivity index (χ1n) is 8.03. The SMILES string of the molecule is Cc1ccc(-c2noc(CSC(C)C(=O)NCc3cccs3)n2)cc1F. The molecule has 2 heterocycles. The molecule has 0 aliphatic rings. The molecule has 0 radical (unpaired) electrons. The molecule has 3 aromatic rings. The molecule has 5 nitrogen and oxygen atoms in total. The number of nitrogens with one attached hydrogen (secondary N) is 1. The Bertz CT molecular complexity index is 880. The summed E-state index contributed by atoms with van der Waals surface area (Å²) in [6.07, 6.45) is 0. The highest BCUT2D eigenvalue weighted by Crippen LogP contribution is 2.22. The van der Waals surface area contributed by atoms with E-state index in [-0.39, 0.29) is 17.0 Å². The van der Waals surface area contributed by atoms with Gasteiger partial charge in [-0.25, -0.2) is 4.39 Å². The summed E-state index contributed by atoms with van der Waals surface area (Å²) in [5.74, 6) is 0.816. The van der Waals surface area contributed by atoms with Crippen molar-refractivity contribution in [2.75, 3.05) is 0 Å². The molecule has 1 aromatic carbocycles. The standard InChI is InChI=1S/C18H18FN3O2S2/c1-11-5-6-13(8-15(11)19)17-21-16(24-22-17)10-26-12(2)18(23)20-9-14-4-3-7-25-14/h3-8,12H,9-10H2,1-2H3,(H,20,23). The van der Waals surface area contributed by atoms with Crippen molar-refractivity contribution < 1.29 is 13.7 Å². The van der Waals surface area contributed by atoms with Gasteiger partial charge in [-0.15, -0.1) is 23.1 Å². The normalized spacial score (nSPS) is 12.1. The van der Waals surface area contributed by atoms with E-state index in [0.717, 1.165) is 4.88 Å². The van der Waals surface area contributed by atoms with Crippen LogP contribution in [0.1, 0.15) is 23.3 Å². The second-order valence-corrected chi connectivity index (χ2v) is 8.09. The average molecular weight is 391 g/mol. The Balaban J connectivity index is 1.52. The van der Waals surface area contributed by atoms with Gasteiger partial charge in [-0.05, 0) is 36.9 Å². The third-order valence-electron chi connectivity index (χ3n) is 3.74. The van der Waals surface area contributed by atoms with Gasteiger partial charge >= 0.3 is 0 Å². The molecule has 3 rings (SSSR count). The second kappa shape index (κ2) is 8.46. The number of thioether (sulfide) groups is 1. The number of halogens is 1. The van der Waals surface area contributed by atoms with Crippen LogP contribution in [0.15, 0.2) is 40.2 Å². The molecule has 0 aliphatic heterocycles. The number of amides is 1. The van der Waals surface area contributed by atoms with Crippen molar-refractivity contribution in [3.05, 3.63) is 57.9 Å². The molecule has 136 valence electrons. The molecule has 0 fully saturated rings. The highest BCUT2D eigenvalue weighted by Gasteiger charge is 2.16. The minimum atomic E-state index is -0.306. The van der Waals surface area contributed by atoms with Crippen LogP contribution in [-0.4, -0.2) is 21.3 Å². The molecular formula is C18H18FN3O2S2. The smallest absolute Gasteiger partial charge is 0.236 e. The van der Waals surface area contributed by atoms with Crippen molar-refractivity contribution >= 4 is 29.0 Å². The molecule has 0 saturated carbocycles. The lowest BCUT2D eigenvalue weighted by molar-refractivity contribution is -0.120. The highest BCUT2D eigenvalue weighted by atomic mass is 32.2. The van der Waals surface area contributed by atoms with Gasteiger partial charge < -0.3 is 9.84 Å². The van der Waals surface area contributed by atoms with Crippen molar-refractivity contribution in [2.45, 2.75) is 31.4 Å². The Hall–Kier alpha value is -2.19. The summed E-state index contributed by atoms with van der Waals surface area (Å²) in [4.78, 5) is 17.5. The highest BCUT2D eigenvalue weighted by molar-refractivity contribution is 7.99. The molecule has 2 aromatic heterocycles. The minimum Gasteiger partial charge on any atom is -0.350 e. The van der Waals surface area contributed by atoms with Crippen LogP contribution in [-0.2, 0) is 17.1 Å². The van der Waals surface area contributed by atoms with E-state index in [0.29, 0.717) is 35.1 Å². The number of aromatic nitrogens is 2. The number of carbonyl (C=O) groups is 1. The third-order valence-corrected chi connectivity index (χ3v) is 5.75. The predicted octanol–water partition coefficient (Wildman–Crippen LogP) is 4.18. The monoisotopic (exact) mass is 391 g/mol. The van der Waals surface area contributed by atoms with Gasteiger partial charge in [0.1, 0.15) is 5.82 Å². The van der Waals surface area contributed by atoms with Crippen LogP contribution in [0.25, 0.3) is 11.4 Å². The first-order valence-corrected chi connectivity index (χ1v) is 9.96. The van der Waals surface area contributed by atoms with Crippen LogP contribution in [0.3, 0.4) is 0 Å². The van der Waals surface area contributed by atoms with Crippen molar-refractivity contribution in [3.8, 4) is 11.4 Å². The fraction of sp³-hybridized carbons (Fsp3) is 0.278. The molecular weight excluding hydrogens is 373 g/mol. The van der Waals surface area contributed by atoms with E-state index in [1.54, 1.807) is 30.4 Å². The summed E-state index contributed by atoms with van der Waals surface area (Å²) >= 11 is 3.02. The van der Waals surface area contributed by atoms with Crippen molar-refractivity contribution in [3.63, 3.8) is 0 Å². The van der Waals surface area contributed by atoms with Gasteiger partial charge in [0.25, 0.3) is 0 Å². The van der Waals surface area contributed by atoms with Gasteiger partial charge in [-0.3, -0.25) is 4.79 Å². The van der Waals surface area contributed by atoms with E-state index in [9.17, 15) is 9.18 Å². The lowest BCUT2D eigenvalue weighted by atomic mass is 10.1. The lowest BCUT2D eigenvalue weighted by Crippen LogP contribution is -2.30. The largest absolute Gasteiger partial charge is 0.350 e. The minimum absolute atomic E-state index is 0.0382. The second-order valence-electron chi connectivity index (χ2n) is 5.73. The maximum absolute atomic E-state index is 13.7. The maximum atomic E-state index is 13.7. The van der Waals surface area contributed by atoms with E-state index in [1.807, 2.05) is 24.4 Å². The number of carbonyl (C=O) groups excluding carboxylic acids is 1. The fourth-order valence-corrected chi connectivity index (χ4v) is 3.55. The fourth-order valence-electron chi connectivity index (χ4n) is 2.17. The Morgan fingerprint density at radius 2 is 2.27 bits per heavy atom. The summed E-state index contributed by atoms with van der Waals surface area (Å²) in [6, 6.07) is 8.75. The Kier molecular flexibility index (Phi) is 6.05. The summed E-state index contributed by atoms with van der Waals surface area (Å²) in [6.45, 7) is 4.06. The molecule has 1 amide bonds. The topological polar surface area (TPSA) is 68.0 Å². The molecule has 1 unspecified atom stereocenters. The number of nitrogens with zero attached hydrogens (tertiary/aromatic N) is 2. The maximum Gasteiger partial charge on any atom is 0.236 e. The summed E-state index contributed by atoms with van der Waals surface area (Å²) < 4.78 is 18.9. The van der Waals surface area contributed by atoms with Gasteiger partial charge in [0, 0.05) is 10.4 Å². The zero-order valence-electron chi connectivity index (χ0n) is 14.4. The number of rotatable bonds is 7. The Labute approximate surface area is 159 Å². The average Bonchev–Trinajstić information content (AvgIpc) is 3.31. The van der Waals surface area contributed by atoms with Crippen LogP contribution >= 0.6 is 23.1 Å². The number of thiophene rings is 1. The van der Waals surface area contributed by atoms with E-state index >= 15 is 0 Å². The zero-order valence-corrected chi connectivity index (χ0v) is 16.0. The van der Waals surface area contributed by atoms with E-state index in [4.69, 9.17) is 4.52 Å². The van der Waals surface area contributed by atoms with Crippen molar-refractivity contribution in [2.24, 2.45) is 0 Å². The predicted molar refractivity (Wildman–Crippen MR) is 101 cm³/mol. The number of hydrogen-bond donors (Lipinski definition) is 1. The van der Waals surface area contributed by atoms with E-state index in [1.165, 1.54) is 17.8 Å². The Morgan fingerprint density at radius 3 is 3.00 bits per heavy atom.